The number of methoxy groups -OCH3 is 2. The summed E-state index contributed by atoms with van der Waals surface area (Å²) in [6.45, 7) is 0.431. The molecule has 0 bridgehead atoms. The Morgan fingerprint density at radius 1 is 1.12 bits per heavy atom. The average molecular weight is 231 g/mol. The molecule has 3 nitrogen and oxygen atoms in total. The number of nitrogens with two attached hydrogens (primary N) is 1. The third-order valence-electron chi connectivity index (χ3n) is 2.97. The maximum atomic E-state index is 5.75. The van der Waals surface area contributed by atoms with Crippen LogP contribution in [0.5, 0.6) is 5.75 Å². The lowest BCUT2D eigenvalue weighted by Gasteiger charge is -2.19. The van der Waals surface area contributed by atoms with Crippen LogP contribution in [0.1, 0.15) is 11.7 Å². The van der Waals surface area contributed by atoms with E-state index < -0.39 is 0 Å². The molecule has 2 N–H and O–H groups in total. The number of benzene rings is 2. The van der Waals surface area contributed by atoms with Gasteiger partial charge < -0.3 is 15.2 Å². The largest absolute Gasteiger partial charge is 0.496 e. The molecule has 0 heterocycles. The van der Waals surface area contributed by atoms with Crippen molar-refractivity contribution >= 4 is 10.8 Å². The average Bonchev–Trinajstić information content (AvgIpc) is 2.40. The fraction of sp³-hybridized carbons (Fsp3) is 0.286. The first-order valence-electron chi connectivity index (χ1n) is 5.60. The highest BCUT2D eigenvalue weighted by Gasteiger charge is 2.17. The number of hydrogen-bond donors (Lipinski definition) is 1. The van der Waals surface area contributed by atoms with E-state index in [1.807, 2.05) is 24.3 Å². The van der Waals surface area contributed by atoms with Crippen LogP contribution in [0.4, 0.5) is 0 Å². The summed E-state index contributed by atoms with van der Waals surface area (Å²) < 4.78 is 10.8. The van der Waals surface area contributed by atoms with Gasteiger partial charge in [0.2, 0.25) is 0 Å². The van der Waals surface area contributed by atoms with E-state index in [1.54, 1.807) is 14.2 Å². The maximum Gasteiger partial charge on any atom is 0.125 e. The summed E-state index contributed by atoms with van der Waals surface area (Å²) in [5.41, 5.74) is 6.77. The summed E-state index contributed by atoms with van der Waals surface area (Å²) in [5.74, 6) is 0.820. The van der Waals surface area contributed by atoms with Crippen molar-refractivity contribution in [1.29, 1.82) is 0 Å². The van der Waals surface area contributed by atoms with Crippen molar-refractivity contribution in [3.8, 4) is 5.75 Å². The highest BCUT2D eigenvalue weighted by atomic mass is 16.5. The van der Waals surface area contributed by atoms with Gasteiger partial charge in [-0.2, -0.15) is 0 Å². The lowest BCUT2D eigenvalue weighted by molar-refractivity contribution is 0.109. The van der Waals surface area contributed by atoms with Gasteiger partial charge in [0.15, 0.2) is 0 Å². The van der Waals surface area contributed by atoms with Crippen LogP contribution in [-0.2, 0) is 4.74 Å². The molecule has 0 fully saturated rings. The Kier molecular flexibility index (Phi) is 3.61. The van der Waals surface area contributed by atoms with E-state index >= 15 is 0 Å². The van der Waals surface area contributed by atoms with Gasteiger partial charge in [-0.1, -0.05) is 30.3 Å². The first-order valence-corrected chi connectivity index (χ1v) is 5.60. The predicted octanol–water partition coefficient (Wildman–Crippen LogP) is 2.49. The van der Waals surface area contributed by atoms with E-state index in [4.69, 9.17) is 15.2 Å². The predicted molar refractivity (Wildman–Crippen MR) is 69.3 cm³/mol. The first kappa shape index (κ1) is 11.9. The van der Waals surface area contributed by atoms with Crippen molar-refractivity contribution in [3.63, 3.8) is 0 Å². The van der Waals surface area contributed by atoms with Gasteiger partial charge in [0, 0.05) is 19.2 Å². The molecule has 0 aliphatic heterocycles. The highest BCUT2D eigenvalue weighted by molar-refractivity contribution is 5.88. The molecule has 3 heteroatoms. The molecule has 0 spiro atoms. The van der Waals surface area contributed by atoms with Gasteiger partial charge in [-0.05, 0) is 16.8 Å². The Balaban J connectivity index is 2.70. The van der Waals surface area contributed by atoms with Crippen molar-refractivity contribution in [2.75, 3.05) is 20.8 Å². The van der Waals surface area contributed by atoms with Gasteiger partial charge in [0.25, 0.3) is 0 Å². The Bertz CT molecular complexity index is 507. The van der Waals surface area contributed by atoms with Gasteiger partial charge in [0.1, 0.15) is 5.75 Å². The maximum absolute atomic E-state index is 5.75. The molecule has 0 aromatic heterocycles. The molecule has 0 radical (unpaired) electrons. The van der Waals surface area contributed by atoms with E-state index in [0.717, 1.165) is 16.7 Å². The minimum Gasteiger partial charge on any atom is -0.496 e. The molecule has 0 saturated heterocycles. The van der Waals surface area contributed by atoms with Crippen LogP contribution in [0.2, 0.25) is 0 Å². The van der Waals surface area contributed by atoms with Crippen LogP contribution in [0.15, 0.2) is 36.4 Å². The van der Waals surface area contributed by atoms with Crippen LogP contribution in [0.25, 0.3) is 10.8 Å². The van der Waals surface area contributed by atoms with Crippen LogP contribution in [-0.4, -0.2) is 20.8 Å². The topological polar surface area (TPSA) is 44.5 Å². The molecular formula is C14H17NO2. The SMILES string of the molecule is COc1ccc2ccccc2c1C(CN)OC. The number of ether oxygens (including phenoxy) is 2. The monoisotopic (exact) mass is 231 g/mol. The Morgan fingerprint density at radius 2 is 1.88 bits per heavy atom. The van der Waals surface area contributed by atoms with Gasteiger partial charge in [-0.3, -0.25) is 0 Å². The lowest BCUT2D eigenvalue weighted by atomic mass is 9.99. The molecule has 2 rings (SSSR count). The van der Waals surface area contributed by atoms with Crippen LogP contribution in [0.3, 0.4) is 0 Å². The van der Waals surface area contributed by atoms with Crippen LogP contribution >= 0.6 is 0 Å². The molecule has 2 aromatic rings. The Morgan fingerprint density at radius 3 is 2.53 bits per heavy atom. The van der Waals surface area contributed by atoms with E-state index in [-0.39, 0.29) is 6.10 Å². The van der Waals surface area contributed by atoms with Crippen molar-refractivity contribution in [2.45, 2.75) is 6.10 Å². The number of rotatable bonds is 4. The number of fused-ring (bicyclic) bond motifs is 1. The summed E-state index contributed by atoms with van der Waals surface area (Å²) >= 11 is 0. The second-order valence-electron chi connectivity index (χ2n) is 3.86. The smallest absolute Gasteiger partial charge is 0.125 e. The minimum atomic E-state index is -0.143. The standard InChI is InChI=1S/C14H17NO2/c1-16-12-8-7-10-5-3-4-6-11(10)14(12)13(9-15)17-2/h3-8,13H,9,15H2,1-2H3. The van der Waals surface area contributed by atoms with Gasteiger partial charge in [-0.15, -0.1) is 0 Å². The minimum absolute atomic E-state index is 0.143. The zero-order chi connectivity index (χ0) is 12.3. The van der Waals surface area contributed by atoms with Crippen molar-refractivity contribution in [2.24, 2.45) is 5.73 Å². The molecule has 1 atom stereocenters. The molecule has 0 aliphatic carbocycles. The van der Waals surface area contributed by atoms with Gasteiger partial charge in [-0.25, -0.2) is 0 Å². The second kappa shape index (κ2) is 5.17. The zero-order valence-electron chi connectivity index (χ0n) is 10.1. The molecular weight excluding hydrogens is 214 g/mol. The third-order valence-corrected chi connectivity index (χ3v) is 2.97. The van der Waals surface area contributed by atoms with Crippen molar-refractivity contribution in [1.82, 2.24) is 0 Å². The number of hydrogen-bond acceptors (Lipinski definition) is 3. The Labute approximate surface area is 101 Å². The van der Waals surface area contributed by atoms with Crippen LogP contribution < -0.4 is 10.5 Å². The summed E-state index contributed by atoms with van der Waals surface area (Å²) in [5, 5.41) is 2.29. The molecule has 2 aromatic carbocycles. The Hall–Kier alpha value is -1.58. The first-order chi connectivity index (χ1) is 8.31. The fourth-order valence-corrected chi connectivity index (χ4v) is 2.12. The second-order valence-corrected chi connectivity index (χ2v) is 3.86. The van der Waals surface area contributed by atoms with E-state index in [2.05, 4.69) is 12.1 Å². The van der Waals surface area contributed by atoms with Gasteiger partial charge in [0.05, 0.1) is 13.2 Å². The summed E-state index contributed by atoms with van der Waals surface area (Å²) in [6.07, 6.45) is -0.143. The summed E-state index contributed by atoms with van der Waals surface area (Å²) in [6, 6.07) is 12.2. The summed E-state index contributed by atoms with van der Waals surface area (Å²) in [4.78, 5) is 0. The quantitative estimate of drug-likeness (QED) is 0.879. The summed E-state index contributed by atoms with van der Waals surface area (Å²) in [7, 11) is 3.33. The van der Waals surface area contributed by atoms with Crippen molar-refractivity contribution < 1.29 is 9.47 Å². The molecule has 17 heavy (non-hydrogen) atoms. The van der Waals surface area contributed by atoms with Crippen LogP contribution in [0, 0.1) is 0 Å². The molecule has 0 aliphatic rings. The lowest BCUT2D eigenvalue weighted by Crippen LogP contribution is -2.15. The van der Waals surface area contributed by atoms with Crippen molar-refractivity contribution in [3.05, 3.63) is 42.0 Å². The molecule has 0 amide bonds. The normalized spacial score (nSPS) is 12.6. The molecule has 90 valence electrons. The molecule has 0 saturated carbocycles. The van der Waals surface area contributed by atoms with E-state index in [1.165, 1.54) is 5.39 Å². The van der Waals surface area contributed by atoms with E-state index in [0.29, 0.717) is 6.54 Å². The van der Waals surface area contributed by atoms with Gasteiger partial charge >= 0.3 is 0 Å². The zero-order valence-corrected chi connectivity index (χ0v) is 10.1. The molecule has 1 unspecified atom stereocenters. The van der Waals surface area contributed by atoms with E-state index in [9.17, 15) is 0 Å². The highest BCUT2D eigenvalue weighted by Crippen LogP contribution is 2.33. The third kappa shape index (κ3) is 2.12. The fourth-order valence-electron chi connectivity index (χ4n) is 2.12.